The van der Waals surface area contributed by atoms with Gasteiger partial charge in [0.1, 0.15) is 5.82 Å². The van der Waals surface area contributed by atoms with Crippen LogP contribution in [0.5, 0.6) is 0 Å². The summed E-state index contributed by atoms with van der Waals surface area (Å²) < 4.78 is 13.9. The summed E-state index contributed by atoms with van der Waals surface area (Å²) in [6.45, 7) is 5.20. The van der Waals surface area contributed by atoms with Gasteiger partial charge in [-0.1, -0.05) is 17.7 Å². The summed E-state index contributed by atoms with van der Waals surface area (Å²) in [6.07, 6.45) is 5.14. The van der Waals surface area contributed by atoms with Crippen molar-refractivity contribution in [1.82, 2.24) is 9.80 Å². The van der Waals surface area contributed by atoms with Gasteiger partial charge in [0.05, 0.1) is 0 Å². The van der Waals surface area contributed by atoms with Crippen molar-refractivity contribution in [2.45, 2.75) is 38.3 Å². The van der Waals surface area contributed by atoms with E-state index in [4.69, 9.17) is 11.6 Å². The second-order valence-corrected chi connectivity index (χ2v) is 6.38. The number of halogens is 2. The Labute approximate surface area is 125 Å². The van der Waals surface area contributed by atoms with Gasteiger partial charge in [0.2, 0.25) is 0 Å². The molecule has 110 valence electrons. The molecule has 2 aliphatic heterocycles. The SMILES string of the molecule is Fc1cccc(Cl)c1CN1CCCC(N2CCCC2)C1. The fraction of sp³-hybridized carbons (Fsp3) is 0.625. The Hall–Kier alpha value is -0.640. The largest absolute Gasteiger partial charge is 0.299 e. The lowest BCUT2D eigenvalue weighted by Crippen LogP contribution is -2.46. The molecule has 2 heterocycles. The maximum atomic E-state index is 13.9. The predicted molar refractivity (Wildman–Crippen MR) is 80.5 cm³/mol. The standard InChI is InChI=1S/C16H22ClFN2/c17-15-6-3-7-16(18)14(15)12-19-8-4-5-13(11-19)20-9-1-2-10-20/h3,6-7,13H,1-2,4-5,8-12H2. The number of hydrogen-bond donors (Lipinski definition) is 0. The Bertz CT molecular complexity index is 440. The average molecular weight is 297 g/mol. The number of nitrogens with zero attached hydrogens (tertiary/aromatic N) is 2. The Morgan fingerprint density at radius 2 is 1.95 bits per heavy atom. The molecule has 3 rings (SSSR count). The molecule has 2 aliphatic rings. The molecule has 0 spiro atoms. The van der Waals surface area contributed by atoms with E-state index >= 15 is 0 Å². The van der Waals surface area contributed by atoms with E-state index in [9.17, 15) is 4.39 Å². The van der Waals surface area contributed by atoms with Crippen molar-refractivity contribution in [3.05, 3.63) is 34.6 Å². The molecule has 1 unspecified atom stereocenters. The van der Waals surface area contributed by atoms with Crippen LogP contribution in [0.1, 0.15) is 31.2 Å². The Kier molecular flexibility index (Phi) is 4.59. The van der Waals surface area contributed by atoms with Gasteiger partial charge in [0.25, 0.3) is 0 Å². The van der Waals surface area contributed by atoms with Crippen molar-refractivity contribution in [3.63, 3.8) is 0 Å². The van der Waals surface area contributed by atoms with Crippen LogP contribution in [0.25, 0.3) is 0 Å². The molecule has 4 heteroatoms. The van der Waals surface area contributed by atoms with Crippen LogP contribution in [0.3, 0.4) is 0 Å². The molecule has 2 nitrogen and oxygen atoms in total. The lowest BCUT2D eigenvalue weighted by Gasteiger charge is -2.37. The van der Waals surface area contributed by atoms with E-state index in [0.29, 0.717) is 23.2 Å². The lowest BCUT2D eigenvalue weighted by atomic mass is 10.0. The fourth-order valence-corrected chi connectivity index (χ4v) is 3.71. The van der Waals surface area contributed by atoms with Crippen LogP contribution in [-0.4, -0.2) is 42.0 Å². The van der Waals surface area contributed by atoms with Gasteiger partial charge in [0, 0.05) is 29.7 Å². The molecule has 0 aliphatic carbocycles. The van der Waals surface area contributed by atoms with Crippen molar-refractivity contribution in [1.29, 1.82) is 0 Å². The molecule has 2 saturated heterocycles. The summed E-state index contributed by atoms with van der Waals surface area (Å²) in [7, 11) is 0. The highest BCUT2D eigenvalue weighted by Crippen LogP contribution is 2.25. The van der Waals surface area contributed by atoms with Gasteiger partial charge in [-0.05, 0) is 57.5 Å². The van der Waals surface area contributed by atoms with Gasteiger partial charge in [-0.2, -0.15) is 0 Å². The first-order chi connectivity index (χ1) is 9.74. The first-order valence-electron chi connectivity index (χ1n) is 7.63. The van der Waals surface area contributed by atoms with Gasteiger partial charge in [-0.25, -0.2) is 4.39 Å². The minimum atomic E-state index is -0.180. The number of likely N-dealkylation sites (tertiary alicyclic amines) is 2. The minimum absolute atomic E-state index is 0.180. The molecule has 1 aromatic rings. The van der Waals surface area contributed by atoms with E-state index in [1.165, 1.54) is 44.8 Å². The summed E-state index contributed by atoms with van der Waals surface area (Å²) in [4.78, 5) is 4.96. The first-order valence-corrected chi connectivity index (χ1v) is 8.01. The maximum absolute atomic E-state index is 13.9. The lowest BCUT2D eigenvalue weighted by molar-refractivity contribution is 0.110. The average Bonchev–Trinajstić information content (AvgIpc) is 2.98. The van der Waals surface area contributed by atoms with Gasteiger partial charge in [0.15, 0.2) is 0 Å². The van der Waals surface area contributed by atoms with Crippen molar-refractivity contribution in [2.24, 2.45) is 0 Å². The number of rotatable bonds is 3. The highest BCUT2D eigenvalue weighted by atomic mass is 35.5. The van der Waals surface area contributed by atoms with E-state index in [-0.39, 0.29) is 5.82 Å². The molecular formula is C16H22ClFN2. The first kappa shape index (κ1) is 14.3. The molecule has 0 bridgehead atoms. The van der Waals surface area contributed by atoms with Gasteiger partial charge in [-0.15, -0.1) is 0 Å². The second kappa shape index (κ2) is 6.42. The van der Waals surface area contributed by atoms with Crippen molar-refractivity contribution in [3.8, 4) is 0 Å². The summed E-state index contributed by atoms with van der Waals surface area (Å²) in [5.41, 5.74) is 0.649. The summed E-state index contributed by atoms with van der Waals surface area (Å²) in [5, 5.41) is 0.549. The topological polar surface area (TPSA) is 6.48 Å². The van der Waals surface area contributed by atoms with Crippen LogP contribution in [0.4, 0.5) is 4.39 Å². The minimum Gasteiger partial charge on any atom is -0.299 e. The van der Waals surface area contributed by atoms with Crippen LogP contribution in [0.2, 0.25) is 5.02 Å². The normalized spacial score (nSPS) is 25.2. The predicted octanol–water partition coefficient (Wildman–Crippen LogP) is 3.54. The third-order valence-electron chi connectivity index (χ3n) is 4.58. The van der Waals surface area contributed by atoms with Crippen LogP contribution in [-0.2, 0) is 6.54 Å². The van der Waals surface area contributed by atoms with Crippen LogP contribution >= 0.6 is 11.6 Å². The second-order valence-electron chi connectivity index (χ2n) is 5.97. The van der Waals surface area contributed by atoms with Gasteiger partial charge < -0.3 is 0 Å². The molecule has 1 atom stereocenters. The smallest absolute Gasteiger partial charge is 0.129 e. The number of piperidine rings is 1. The molecule has 0 radical (unpaired) electrons. The third kappa shape index (κ3) is 3.16. The highest BCUT2D eigenvalue weighted by Gasteiger charge is 2.27. The van der Waals surface area contributed by atoms with Crippen molar-refractivity contribution in [2.75, 3.05) is 26.2 Å². The number of hydrogen-bond acceptors (Lipinski definition) is 2. The Morgan fingerprint density at radius 3 is 2.70 bits per heavy atom. The highest BCUT2D eigenvalue weighted by molar-refractivity contribution is 6.31. The van der Waals surface area contributed by atoms with Crippen molar-refractivity contribution >= 4 is 11.6 Å². The molecule has 0 amide bonds. The molecule has 1 aromatic carbocycles. The summed E-state index contributed by atoms with van der Waals surface area (Å²) in [6, 6.07) is 5.60. The van der Waals surface area contributed by atoms with E-state index in [1.54, 1.807) is 12.1 Å². The Balaban J connectivity index is 1.65. The maximum Gasteiger partial charge on any atom is 0.129 e. The van der Waals surface area contributed by atoms with Crippen LogP contribution in [0, 0.1) is 5.82 Å². The molecule has 0 N–H and O–H groups in total. The van der Waals surface area contributed by atoms with Crippen molar-refractivity contribution < 1.29 is 4.39 Å². The zero-order chi connectivity index (χ0) is 13.9. The fourth-order valence-electron chi connectivity index (χ4n) is 3.49. The zero-order valence-corrected chi connectivity index (χ0v) is 12.6. The molecule has 0 aromatic heterocycles. The quantitative estimate of drug-likeness (QED) is 0.842. The van der Waals surface area contributed by atoms with Crippen LogP contribution in [0.15, 0.2) is 18.2 Å². The number of benzene rings is 1. The molecule has 2 fully saturated rings. The van der Waals surface area contributed by atoms with Crippen LogP contribution < -0.4 is 0 Å². The third-order valence-corrected chi connectivity index (χ3v) is 4.94. The molecule has 0 saturated carbocycles. The van der Waals surface area contributed by atoms with E-state index in [2.05, 4.69) is 9.80 Å². The zero-order valence-electron chi connectivity index (χ0n) is 11.8. The molecule has 20 heavy (non-hydrogen) atoms. The summed E-state index contributed by atoms with van der Waals surface area (Å²) in [5.74, 6) is -0.180. The van der Waals surface area contributed by atoms with E-state index < -0.39 is 0 Å². The van der Waals surface area contributed by atoms with Gasteiger partial charge in [-0.3, -0.25) is 9.80 Å². The van der Waals surface area contributed by atoms with E-state index in [0.717, 1.165) is 13.1 Å². The Morgan fingerprint density at radius 1 is 1.15 bits per heavy atom. The molecular weight excluding hydrogens is 275 g/mol. The van der Waals surface area contributed by atoms with E-state index in [1.807, 2.05) is 0 Å². The van der Waals surface area contributed by atoms with Gasteiger partial charge >= 0.3 is 0 Å². The monoisotopic (exact) mass is 296 g/mol. The summed E-state index contributed by atoms with van der Waals surface area (Å²) >= 11 is 6.14.